The zero-order valence-corrected chi connectivity index (χ0v) is 17.2. The fourth-order valence-corrected chi connectivity index (χ4v) is 3.54. The Bertz CT molecular complexity index is 1550. The van der Waals surface area contributed by atoms with Crippen molar-refractivity contribution in [3.63, 3.8) is 0 Å². The first kappa shape index (κ1) is 25.5. The highest BCUT2D eigenvalue weighted by Crippen LogP contribution is 2.45. The second kappa shape index (κ2) is 7.45. The summed E-state index contributed by atoms with van der Waals surface area (Å²) in [5.41, 5.74) is -9.03. The molecule has 192 valence electrons. The van der Waals surface area contributed by atoms with E-state index in [1.807, 2.05) is 0 Å². The molecule has 6 nitrogen and oxygen atoms in total. The molecule has 0 saturated carbocycles. The Labute approximate surface area is 189 Å². The Morgan fingerprint density at radius 2 is 0.806 bits per heavy atom. The fraction of sp³-hybridized carbons (Fsp3) is 0.333. The molecule has 1 aromatic carbocycles. The number of aryl methyl sites for hydroxylation is 2. The van der Waals surface area contributed by atoms with Crippen molar-refractivity contribution in [3.05, 3.63) is 34.6 Å². The van der Waals surface area contributed by atoms with Crippen molar-refractivity contribution in [1.82, 2.24) is 29.9 Å². The lowest BCUT2D eigenvalue weighted by Crippen LogP contribution is -2.20. The first-order chi connectivity index (χ1) is 16.2. The van der Waals surface area contributed by atoms with Crippen LogP contribution in [-0.4, -0.2) is 29.9 Å². The van der Waals surface area contributed by atoms with Gasteiger partial charge in [0.2, 0.25) is 11.6 Å². The van der Waals surface area contributed by atoms with Gasteiger partial charge in [0.1, 0.15) is 5.82 Å². The topological polar surface area (TPSA) is 77.3 Å². The van der Waals surface area contributed by atoms with E-state index in [4.69, 9.17) is 0 Å². The summed E-state index contributed by atoms with van der Waals surface area (Å²) >= 11 is 0. The average Bonchev–Trinajstić information content (AvgIpc) is 2.69. The smallest absolute Gasteiger partial charge is 0.232 e. The van der Waals surface area contributed by atoms with Gasteiger partial charge in [-0.2, -0.15) is 52.7 Å². The van der Waals surface area contributed by atoms with E-state index in [2.05, 4.69) is 29.9 Å². The number of hydrogen-bond acceptors (Lipinski definition) is 6. The van der Waals surface area contributed by atoms with Gasteiger partial charge in [0, 0.05) is 5.39 Å². The molecule has 4 rings (SSSR count). The standard InChI is InChI=1S/C18H6F12N6/c1-3-5-8-6(11(15(19,20)21)33-4(2)32-8)10-7(9(5)34-13(31-3)17(25,26)27)12(16(22,23)24)36-14(35-10)18(28,29)30/h1-2H3. The number of halogens is 12. The lowest BCUT2D eigenvalue weighted by atomic mass is 10.00. The van der Waals surface area contributed by atoms with Gasteiger partial charge >= 0.3 is 24.7 Å². The summed E-state index contributed by atoms with van der Waals surface area (Å²) in [5, 5.41) is -3.86. The Kier molecular flexibility index (Phi) is 5.28. The van der Waals surface area contributed by atoms with Crippen LogP contribution in [0.5, 0.6) is 0 Å². The van der Waals surface area contributed by atoms with Crippen LogP contribution in [0.2, 0.25) is 0 Å². The Balaban J connectivity index is 2.50. The molecule has 0 spiro atoms. The number of hydrogen-bond donors (Lipinski definition) is 0. The minimum Gasteiger partial charge on any atom is -0.232 e. The van der Waals surface area contributed by atoms with Crippen LogP contribution in [0.1, 0.15) is 34.6 Å². The molecule has 0 fully saturated rings. The maximum Gasteiger partial charge on any atom is 0.451 e. The first-order valence-corrected chi connectivity index (χ1v) is 9.20. The van der Waals surface area contributed by atoms with E-state index in [-0.39, 0.29) is 0 Å². The molecule has 0 unspecified atom stereocenters. The SMILES string of the molecule is Cc1nc(C(F)(F)F)c2c(n1)c1c(C)nc(C(F)(F)F)nc1c1c(C(F)(F)F)nc(C(F)(F)F)nc21. The Morgan fingerprint density at radius 1 is 0.417 bits per heavy atom. The van der Waals surface area contributed by atoms with Gasteiger partial charge in [-0.15, -0.1) is 0 Å². The number of fused-ring (bicyclic) bond motifs is 6. The summed E-state index contributed by atoms with van der Waals surface area (Å²) in [5.74, 6) is -5.13. The lowest BCUT2D eigenvalue weighted by molar-refractivity contribution is -0.151. The van der Waals surface area contributed by atoms with Gasteiger partial charge in [-0.05, 0) is 13.8 Å². The molecule has 0 radical (unpaired) electrons. The number of nitrogens with zero attached hydrogens (tertiary/aromatic N) is 6. The zero-order chi connectivity index (χ0) is 27.2. The Morgan fingerprint density at radius 3 is 1.25 bits per heavy atom. The van der Waals surface area contributed by atoms with Gasteiger partial charge in [0.05, 0.1) is 33.0 Å². The van der Waals surface area contributed by atoms with Gasteiger partial charge < -0.3 is 0 Å². The number of rotatable bonds is 0. The maximum absolute atomic E-state index is 13.9. The van der Waals surface area contributed by atoms with Crippen LogP contribution in [0, 0.1) is 13.8 Å². The van der Waals surface area contributed by atoms with Gasteiger partial charge in [-0.1, -0.05) is 0 Å². The second-order valence-corrected chi connectivity index (χ2v) is 7.31. The normalized spacial score (nSPS) is 13.8. The highest BCUT2D eigenvalue weighted by atomic mass is 19.4. The third kappa shape index (κ3) is 4.06. The van der Waals surface area contributed by atoms with Crippen LogP contribution < -0.4 is 0 Å². The first-order valence-electron chi connectivity index (χ1n) is 9.20. The highest BCUT2D eigenvalue weighted by molar-refractivity contribution is 6.23. The van der Waals surface area contributed by atoms with Gasteiger partial charge in [0.25, 0.3) is 0 Å². The van der Waals surface area contributed by atoms with E-state index < -0.39 is 92.0 Å². The molecule has 3 heterocycles. The van der Waals surface area contributed by atoms with Crippen LogP contribution >= 0.6 is 0 Å². The van der Waals surface area contributed by atoms with Gasteiger partial charge in [0.15, 0.2) is 11.4 Å². The van der Waals surface area contributed by atoms with Crippen LogP contribution in [0.3, 0.4) is 0 Å². The minimum absolute atomic E-state index is 0.643. The summed E-state index contributed by atoms with van der Waals surface area (Å²) in [6, 6.07) is 0. The quantitative estimate of drug-likeness (QED) is 0.197. The summed E-state index contributed by atoms with van der Waals surface area (Å²) < 4.78 is 163. The molecule has 0 aliphatic rings. The predicted molar refractivity (Wildman–Crippen MR) is 95.2 cm³/mol. The van der Waals surface area contributed by atoms with E-state index in [9.17, 15) is 52.7 Å². The van der Waals surface area contributed by atoms with Crippen LogP contribution in [0.4, 0.5) is 52.7 Å². The van der Waals surface area contributed by atoms with Crippen molar-refractivity contribution in [1.29, 1.82) is 0 Å². The maximum atomic E-state index is 13.9. The number of benzene rings is 1. The van der Waals surface area contributed by atoms with Crippen molar-refractivity contribution >= 4 is 32.7 Å². The molecule has 0 N–H and O–H groups in total. The molecular weight excluding hydrogens is 528 g/mol. The van der Waals surface area contributed by atoms with Gasteiger partial charge in [-0.25, -0.2) is 29.9 Å². The van der Waals surface area contributed by atoms with E-state index in [0.29, 0.717) is 0 Å². The van der Waals surface area contributed by atoms with Gasteiger partial charge in [-0.3, -0.25) is 0 Å². The minimum atomic E-state index is -5.79. The molecule has 0 aliphatic carbocycles. The molecule has 4 aromatic rings. The lowest BCUT2D eigenvalue weighted by Gasteiger charge is -2.19. The second-order valence-electron chi connectivity index (χ2n) is 7.31. The third-order valence-electron chi connectivity index (χ3n) is 4.77. The van der Waals surface area contributed by atoms with Crippen LogP contribution in [0.25, 0.3) is 32.7 Å². The molecule has 0 aliphatic heterocycles. The predicted octanol–water partition coefficient (Wildman–Crippen LogP) is 6.21. The Hall–Kier alpha value is -3.60. The van der Waals surface area contributed by atoms with Crippen molar-refractivity contribution in [2.45, 2.75) is 38.6 Å². The van der Waals surface area contributed by atoms with Crippen molar-refractivity contribution in [3.8, 4) is 0 Å². The van der Waals surface area contributed by atoms with Crippen molar-refractivity contribution < 1.29 is 52.7 Å². The molecule has 0 bridgehead atoms. The molecule has 0 saturated heterocycles. The zero-order valence-electron chi connectivity index (χ0n) is 17.2. The van der Waals surface area contributed by atoms with E-state index in [1.54, 1.807) is 0 Å². The monoisotopic (exact) mass is 534 g/mol. The van der Waals surface area contributed by atoms with E-state index in [0.717, 1.165) is 13.8 Å². The molecule has 0 atom stereocenters. The van der Waals surface area contributed by atoms with E-state index in [1.165, 1.54) is 0 Å². The summed E-state index contributed by atoms with van der Waals surface area (Å²) in [4.78, 5) is 18.2. The number of aromatic nitrogens is 6. The third-order valence-corrected chi connectivity index (χ3v) is 4.77. The van der Waals surface area contributed by atoms with E-state index >= 15 is 0 Å². The highest BCUT2D eigenvalue weighted by Gasteiger charge is 2.45. The largest absolute Gasteiger partial charge is 0.451 e. The van der Waals surface area contributed by atoms with Crippen LogP contribution in [-0.2, 0) is 24.7 Å². The molecule has 36 heavy (non-hydrogen) atoms. The molecular formula is C18H6F12N6. The summed E-state index contributed by atoms with van der Waals surface area (Å²) in [7, 11) is 0. The van der Waals surface area contributed by atoms with Crippen molar-refractivity contribution in [2.75, 3.05) is 0 Å². The fourth-order valence-electron chi connectivity index (χ4n) is 3.54. The molecule has 18 heteroatoms. The molecule has 3 aromatic heterocycles. The van der Waals surface area contributed by atoms with Crippen LogP contribution in [0.15, 0.2) is 0 Å². The molecule has 0 amide bonds. The number of alkyl halides is 12. The summed E-state index contributed by atoms with van der Waals surface area (Å²) in [6.07, 6.45) is -22.3. The average molecular weight is 534 g/mol. The summed E-state index contributed by atoms with van der Waals surface area (Å²) in [6.45, 7) is 1.75. The van der Waals surface area contributed by atoms with Crippen molar-refractivity contribution in [2.24, 2.45) is 0 Å².